The summed E-state index contributed by atoms with van der Waals surface area (Å²) in [5, 5.41) is 24.0. The van der Waals surface area contributed by atoms with Crippen molar-refractivity contribution >= 4 is 22.6 Å². The maximum atomic E-state index is 12.5. The molecule has 29 heavy (non-hydrogen) atoms. The molecular weight excluding hydrogens is 366 g/mol. The number of phenolic OH excluding ortho intramolecular Hbond substituents is 1. The van der Waals surface area contributed by atoms with Crippen molar-refractivity contribution in [2.75, 3.05) is 0 Å². The molecule has 0 fully saturated rings. The van der Waals surface area contributed by atoms with Crippen molar-refractivity contribution < 1.29 is 19.8 Å². The second-order valence-electron chi connectivity index (χ2n) is 8.11. The molecule has 1 amide bonds. The zero-order valence-corrected chi connectivity index (χ0v) is 17.1. The number of aromatic hydroxyl groups is 1. The van der Waals surface area contributed by atoms with Crippen LogP contribution in [0.25, 0.3) is 10.8 Å². The van der Waals surface area contributed by atoms with Crippen LogP contribution in [0.5, 0.6) is 5.75 Å². The minimum atomic E-state index is -0.925. The monoisotopic (exact) mass is 395 g/mol. The summed E-state index contributed by atoms with van der Waals surface area (Å²) in [6.45, 7) is 4.25. The van der Waals surface area contributed by atoms with E-state index < -0.39 is 5.97 Å². The summed E-state index contributed by atoms with van der Waals surface area (Å²) in [5.41, 5.74) is 1.97. The number of allylic oxidation sites excluding steroid dienone is 1. The molecule has 2 unspecified atom stereocenters. The van der Waals surface area contributed by atoms with Crippen LogP contribution in [0.4, 0.5) is 0 Å². The predicted octanol–water partition coefficient (Wildman–Crippen LogP) is 4.78. The van der Waals surface area contributed by atoms with Crippen molar-refractivity contribution in [3.8, 4) is 5.75 Å². The molecule has 2 atom stereocenters. The van der Waals surface area contributed by atoms with E-state index in [1.54, 1.807) is 12.1 Å². The van der Waals surface area contributed by atoms with E-state index in [9.17, 15) is 19.8 Å². The zero-order chi connectivity index (χ0) is 21.0. The van der Waals surface area contributed by atoms with E-state index in [0.717, 1.165) is 29.2 Å². The molecule has 1 aliphatic rings. The fourth-order valence-corrected chi connectivity index (χ4v) is 4.23. The summed E-state index contributed by atoms with van der Waals surface area (Å²) in [7, 11) is 0. The molecule has 5 heteroatoms. The Labute approximate surface area is 171 Å². The topological polar surface area (TPSA) is 86.6 Å². The number of rotatable bonds is 7. The molecule has 0 saturated heterocycles. The van der Waals surface area contributed by atoms with Crippen molar-refractivity contribution in [1.29, 1.82) is 0 Å². The number of aliphatic carboxylic acids is 1. The lowest BCUT2D eigenvalue weighted by atomic mass is 9.76. The molecule has 0 bridgehead atoms. The number of hydrogen-bond donors (Lipinski definition) is 3. The molecule has 3 rings (SSSR count). The normalized spacial score (nSPS) is 19.4. The lowest BCUT2D eigenvalue weighted by Gasteiger charge is -2.31. The molecular formula is C24H29NO4. The van der Waals surface area contributed by atoms with Gasteiger partial charge in [-0.15, -0.1) is 0 Å². The predicted molar refractivity (Wildman–Crippen MR) is 114 cm³/mol. The summed E-state index contributed by atoms with van der Waals surface area (Å²) in [4.78, 5) is 24.2. The van der Waals surface area contributed by atoms with Crippen LogP contribution in [0, 0.1) is 11.8 Å². The molecule has 0 radical (unpaired) electrons. The van der Waals surface area contributed by atoms with Gasteiger partial charge in [0.15, 0.2) is 0 Å². The lowest BCUT2D eigenvalue weighted by molar-refractivity contribution is -0.133. The van der Waals surface area contributed by atoms with Crippen molar-refractivity contribution in [1.82, 2.24) is 5.32 Å². The Hall–Kier alpha value is -2.82. The second-order valence-corrected chi connectivity index (χ2v) is 8.11. The molecule has 0 heterocycles. The molecule has 2 aromatic rings. The van der Waals surface area contributed by atoms with Gasteiger partial charge in [-0.05, 0) is 59.6 Å². The first-order valence-electron chi connectivity index (χ1n) is 10.3. The van der Waals surface area contributed by atoms with Crippen LogP contribution >= 0.6 is 0 Å². The third-order valence-electron chi connectivity index (χ3n) is 5.90. The van der Waals surface area contributed by atoms with Gasteiger partial charge >= 0.3 is 5.97 Å². The Morgan fingerprint density at radius 2 is 1.83 bits per heavy atom. The number of carbonyl (C=O) groups excluding carboxylic acids is 1. The van der Waals surface area contributed by atoms with Gasteiger partial charge in [-0.3, -0.25) is 4.79 Å². The number of phenols is 1. The average molecular weight is 395 g/mol. The summed E-state index contributed by atoms with van der Waals surface area (Å²) < 4.78 is 0. The Morgan fingerprint density at radius 1 is 1.10 bits per heavy atom. The molecule has 0 aromatic heterocycles. The highest BCUT2D eigenvalue weighted by Crippen LogP contribution is 2.36. The van der Waals surface area contributed by atoms with E-state index in [1.807, 2.05) is 24.3 Å². The van der Waals surface area contributed by atoms with Crippen molar-refractivity contribution in [3.05, 3.63) is 53.2 Å². The van der Waals surface area contributed by atoms with E-state index in [0.29, 0.717) is 48.8 Å². The number of carbonyl (C=O) groups is 2. The minimum Gasteiger partial charge on any atom is -0.508 e. The molecule has 0 aliphatic heterocycles. The number of fused-ring (bicyclic) bond motifs is 1. The van der Waals surface area contributed by atoms with Gasteiger partial charge < -0.3 is 15.5 Å². The molecule has 2 aromatic carbocycles. The van der Waals surface area contributed by atoms with Gasteiger partial charge in [0.1, 0.15) is 5.75 Å². The standard InChI is InChI=1S/C24H29NO4/c1-3-4-17-14-21(24(28)29)22(11-15(17)2)25-23(27)10-6-16-5-7-19-13-20(26)9-8-18(19)12-16/h5,7-9,12-13,15,17,26H,3-4,6,10-11,14H2,1-2H3,(H,25,27)(H,28,29). The fraction of sp³-hybridized carbons (Fsp3) is 0.417. The number of carboxylic acid groups (broad SMARTS) is 1. The smallest absolute Gasteiger partial charge is 0.333 e. The zero-order valence-electron chi connectivity index (χ0n) is 17.1. The summed E-state index contributed by atoms with van der Waals surface area (Å²) in [5.74, 6) is -0.110. The van der Waals surface area contributed by atoms with Gasteiger partial charge in [-0.1, -0.05) is 51.0 Å². The third kappa shape index (κ3) is 5.17. The maximum Gasteiger partial charge on any atom is 0.333 e. The molecule has 1 aliphatic carbocycles. The maximum absolute atomic E-state index is 12.5. The van der Waals surface area contributed by atoms with Crippen molar-refractivity contribution in [3.63, 3.8) is 0 Å². The SMILES string of the molecule is CCCC1CC(C(=O)O)=C(NC(=O)CCc2ccc3cc(O)ccc3c2)CC1C. The second kappa shape index (κ2) is 9.12. The van der Waals surface area contributed by atoms with Crippen LogP contribution in [-0.2, 0) is 16.0 Å². The first-order chi connectivity index (χ1) is 13.9. The summed E-state index contributed by atoms with van der Waals surface area (Å²) in [6.07, 6.45) is 4.06. The minimum absolute atomic E-state index is 0.148. The van der Waals surface area contributed by atoms with Gasteiger partial charge in [-0.2, -0.15) is 0 Å². The Morgan fingerprint density at radius 3 is 2.55 bits per heavy atom. The van der Waals surface area contributed by atoms with Gasteiger partial charge in [0.05, 0.1) is 5.57 Å². The quantitative estimate of drug-likeness (QED) is 0.630. The van der Waals surface area contributed by atoms with E-state index >= 15 is 0 Å². The lowest BCUT2D eigenvalue weighted by Crippen LogP contribution is -2.32. The number of amides is 1. The number of benzene rings is 2. The van der Waals surface area contributed by atoms with Crippen LogP contribution in [0.2, 0.25) is 0 Å². The first-order valence-corrected chi connectivity index (χ1v) is 10.3. The van der Waals surface area contributed by atoms with Gasteiger partial charge in [0, 0.05) is 12.1 Å². The molecule has 5 nitrogen and oxygen atoms in total. The van der Waals surface area contributed by atoms with Gasteiger partial charge in [0.25, 0.3) is 0 Å². The van der Waals surface area contributed by atoms with Gasteiger partial charge in [0.2, 0.25) is 5.91 Å². The van der Waals surface area contributed by atoms with Crippen LogP contribution in [-0.4, -0.2) is 22.1 Å². The average Bonchev–Trinajstić information content (AvgIpc) is 2.68. The molecule has 3 N–H and O–H groups in total. The summed E-state index contributed by atoms with van der Waals surface area (Å²) >= 11 is 0. The van der Waals surface area contributed by atoms with Crippen molar-refractivity contribution in [2.24, 2.45) is 11.8 Å². The molecule has 0 spiro atoms. The highest BCUT2D eigenvalue weighted by atomic mass is 16.4. The van der Waals surface area contributed by atoms with Gasteiger partial charge in [-0.25, -0.2) is 4.79 Å². The number of nitrogens with one attached hydrogen (secondary N) is 1. The molecule has 154 valence electrons. The molecule has 0 saturated carbocycles. The highest BCUT2D eigenvalue weighted by Gasteiger charge is 2.30. The van der Waals surface area contributed by atoms with Crippen LogP contribution in [0.15, 0.2) is 47.7 Å². The first kappa shape index (κ1) is 20.9. The van der Waals surface area contributed by atoms with E-state index in [4.69, 9.17) is 0 Å². The van der Waals surface area contributed by atoms with Crippen LogP contribution in [0.3, 0.4) is 0 Å². The Kier molecular flexibility index (Phi) is 6.57. The largest absolute Gasteiger partial charge is 0.508 e. The fourth-order valence-electron chi connectivity index (χ4n) is 4.23. The summed E-state index contributed by atoms with van der Waals surface area (Å²) in [6, 6.07) is 11.1. The number of aryl methyl sites for hydroxylation is 1. The van der Waals surface area contributed by atoms with E-state index in [-0.39, 0.29) is 11.7 Å². The van der Waals surface area contributed by atoms with Crippen molar-refractivity contribution in [2.45, 2.75) is 52.4 Å². The highest BCUT2D eigenvalue weighted by molar-refractivity contribution is 5.89. The van der Waals surface area contributed by atoms with Crippen LogP contribution < -0.4 is 5.32 Å². The van der Waals surface area contributed by atoms with E-state index in [1.165, 1.54) is 0 Å². The number of hydrogen-bond acceptors (Lipinski definition) is 3. The van der Waals surface area contributed by atoms with Crippen LogP contribution in [0.1, 0.15) is 51.5 Å². The third-order valence-corrected chi connectivity index (χ3v) is 5.90. The Balaban J connectivity index is 1.65. The Bertz CT molecular complexity index is 947. The number of carboxylic acids is 1. The van der Waals surface area contributed by atoms with E-state index in [2.05, 4.69) is 19.2 Å².